The van der Waals surface area contributed by atoms with Gasteiger partial charge >= 0.3 is 72.5 Å². The number of nitrogens with zero attached hydrogens (tertiary/aromatic N) is 1. The van der Waals surface area contributed by atoms with Crippen molar-refractivity contribution < 1.29 is 0 Å². The van der Waals surface area contributed by atoms with E-state index in [1.165, 1.54) is 4.54 Å². The van der Waals surface area contributed by atoms with Gasteiger partial charge in [0.25, 0.3) is 0 Å². The van der Waals surface area contributed by atoms with E-state index in [9.17, 15) is 0 Å². The molecule has 1 rings (SSSR count). The summed E-state index contributed by atoms with van der Waals surface area (Å²) in [4.78, 5) is 2.12. The fourth-order valence-corrected chi connectivity index (χ4v) is 2.99. The maximum absolute atomic E-state index is 5.06. The number of rotatable bonds is 1. The molecule has 0 aromatic carbocycles. The van der Waals surface area contributed by atoms with Crippen LogP contribution in [0.2, 0.25) is 0 Å². The van der Waals surface area contributed by atoms with Crippen molar-refractivity contribution >= 4 is 48.4 Å². The molecule has 1 fully saturated rings. The Bertz CT molecular complexity index is 141. The van der Waals surface area contributed by atoms with E-state index in [1.807, 2.05) is 0 Å². The van der Waals surface area contributed by atoms with Crippen molar-refractivity contribution in [2.45, 2.75) is 6.92 Å². The number of thioether (sulfide) groups is 1. The molecule has 0 aromatic rings. The van der Waals surface area contributed by atoms with Crippen molar-refractivity contribution in [2.75, 3.05) is 12.3 Å². The van der Waals surface area contributed by atoms with Crippen molar-refractivity contribution in [3.63, 3.8) is 0 Å². The number of hydrogen-bond donors (Lipinski definition) is 0. The van der Waals surface area contributed by atoms with Gasteiger partial charge in [0.2, 0.25) is 0 Å². The molecule has 0 unspecified atom stereocenters. The molecule has 0 atom stereocenters. The molecular formula is C5H7NS2Se. The average Bonchev–Trinajstić information content (AvgIpc) is 2.12. The quantitative estimate of drug-likeness (QED) is 0.475. The minimum absolute atomic E-state index is 0.994. The minimum atomic E-state index is 0.994. The van der Waals surface area contributed by atoms with E-state index in [0.29, 0.717) is 0 Å². The molecule has 1 heterocycles. The molecule has 0 bridgehead atoms. The first kappa shape index (κ1) is 7.73. The Morgan fingerprint density at radius 2 is 2.56 bits per heavy atom. The predicted octanol–water partition coefficient (Wildman–Crippen LogP) is 0.638. The average molecular weight is 224 g/mol. The van der Waals surface area contributed by atoms with Gasteiger partial charge in [0.1, 0.15) is 0 Å². The molecule has 0 amide bonds. The molecule has 0 aliphatic carbocycles. The van der Waals surface area contributed by atoms with E-state index < -0.39 is 0 Å². The fraction of sp³-hybridized carbons (Fsp3) is 0.600. The van der Waals surface area contributed by atoms with E-state index in [2.05, 4.69) is 27.4 Å². The van der Waals surface area contributed by atoms with Crippen molar-refractivity contribution in [1.29, 1.82) is 0 Å². The van der Waals surface area contributed by atoms with Crippen molar-refractivity contribution in [1.82, 2.24) is 4.90 Å². The third-order valence-corrected chi connectivity index (χ3v) is 3.79. The second kappa shape index (κ2) is 3.15. The summed E-state index contributed by atoms with van der Waals surface area (Å²) in [5.74, 6) is 1.03. The second-order valence-electron chi connectivity index (χ2n) is 1.69. The van der Waals surface area contributed by atoms with Crippen LogP contribution in [0.5, 0.6) is 0 Å². The normalized spacial score (nSPS) is 19.4. The van der Waals surface area contributed by atoms with Crippen LogP contribution in [0, 0.1) is 0 Å². The number of thiocarbonyl (C=S) groups is 1. The Morgan fingerprint density at radius 1 is 1.89 bits per heavy atom. The van der Waals surface area contributed by atoms with Crippen molar-refractivity contribution in [2.24, 2.45) is 0 Å². The molecule has 50 valence electrons. The van der Waals surface area contributed by atoms with Gasteiger partial charge in [0, 0.05) is 0 Å². The maximum atomic E-state index is 5.06. The van der Waals surface area contributed by atoms with Gasteiger partial charge in [-0.15, -0.1) is 0 Å². The van der Waals surface area contributed by atoms with Crippen molar-refractivity contribution in [3.8, 4) is 0 Å². The van der Waals surface area contributed by atoms with Crippen LogP contribution in [0.1, 0.15) is 6.92 Å². The first-order valence-corrected chi connectivity index (χ1v) is 4.98. The van der Waals surface area contributed by atoms with Crippen LogP contribution in [0.15, 0.2) is 0 Å². The van der Waals surface area contributed by atoms with Crippen LogP contribution in [0.4, 0.5) is 0 Å². The van der Waals surface area contributed by atoms with Crippen LogP contribution in [-0.2, 0) is 0 Å². The summed E-state index contributed by atoms with van der Waals surface area (Å²) in [5, 5.41) is 0. The summed E-state index contributed by atoms with van der Waals surface area (Å²) in [7, 11) is 0. The van der Waals surface area contributed by atoms with Crippen LogP contribution in [0.3, 0.4) is 0 Å². The van der Waals surface area contributed by atoms with Gasteiger partial charge < -0.3 is 0 Å². The predicted molar refractivity (Wildman–Crippen MR) is 48.2 cm³/mol. The van der Waals surface area contributed by atoms with E-state index in [1.54, 1.807) is 11.8 Å². The molecule has 0 radical (unpaired) electrons. The molecule has 4 heteroatoms. The molecule has 0 N–H and O–H groups in total. The Morgan fingerprint density at radius 3 is 2.78 bits per heavy atom. The van der Waals surface area contributed by atoms with Gasteiger partial charge in [-0.2, -0.15) is 0 Å². The zero-order valence-electron chi connectivity index (χ0n) is 5.09. The molecular weight excluding hydrogens is 217 g/mol. The molecule has 1 nitrogen and oxygen atoms in total. The van der Waals surface area contributed by atoms with Gasteiger partial charge in [-0.25, -0.2) is 0 Å². The molecule has 1 saturated heterocycles. The zero-order valence-corrected chi connectivity index (χ0v) is 8.43. The second-order valence-corrected chi connectivity index (χ2v) is 4.29. The third-order valence-electron chi connectivity index (χ3n) is 1.16. The fourth-order valence-electron chi connectivity index (χ4n) is 0.687. The van der Waals surface area contributed by atoms with E-state index in [-0.39, 0.29) is 0 Å². The molecule has 0 spiro atoms. The van der Waals surface area contributed by atoms with Crippen LogP contribution in [0.25, 0.3) is 0 Å². The standard InChI is InChI=1S/C5H7NS2Se/c1-2-6-4(9)3-8-5(6)7/h2-3H2,1H3. The first-order valence-electron chi connectivity index (χ1n) is 2.73. The van der Waals surface area contributed by atoms with Crippen molar-refractivity contribution in [3.05, 3.63) is 0 Å². The summed E-state index contributed by atoms with van der Waals surface area (Å²) < 4.78 is 2.28. The van der Waals surface area contributed by atoms with Crippen LogP contribution >= 0.6 is 24.0 Å². The Balaban J connectivity index is 2.66. The summed E-state index contributed by atoms with van der Waals surface area (Å²) in [6.45, 7) is 3.10. The topological polar surface area (TPSA) is 3.24 Å². The third kappa shape index (κ3) is 1.55. The molecule has 9 heavy (non-hydrogen) atoms. The summed E-state index contributed by atoms with van der Waals surface area (Å²) in [6, 6.07) is 0. The molecule has 1 aliphatic rings. The summed E-state index contributed by atoms with van der Waals surface area (Å²) in [6.07, 6.45) is 0. The van der Waals surface area contributed by atoms with Gasteiger partial charge in [0.05, 0.1) is 0 Å². The molecule has 0 saturated carbocycles. The SMILES string of the molecule is CCN1C(=S)SCC1=[Se]. The van der Waals surface area contributed by atoms with Gasteiger partial charge in [-0.1, -0.05) is 0 Å². The van der Waals surface area contributed by atoms with E-state index in [4.69, 9.17) is 12.2 Å². The summed E-state index contributed by atoms with van der Waals surface area (Å²) in [5.41, 5.74) is 0. The van der Waals surface area contributed by atoms with Gasteiger partial charge in [-0.3, -0.25) is 0 Å². The van der Waals surface area contributed by atoms with E-state index in [0.717, 1.165) is 16.6 Å². The summed E-state index contributed by atoms with van der Waals surface area (Å²) >= 11 is 9.80. The Kier molecular flexibility index (Phi) is 2.71. The monoisotopic (exact) mass is 225 g/mol. The number of hydrogen-bond acceptors (Lipinski definition) is 2. The Labute approximate surface area is 72.5 Å². The van der Waals surface area contributed by atoms with E-state index >= 15 is 0 Å². The zero-order chi connectivity index (χ0) is 6.85. The molecule has 1 aliphatic heterocycles. The van der Waals surface area contributed by atoms with Gasteiger partial charge in [0.15, 0.2) is 0 Å². The molecule has 0 aromatic heterocycles. The van der Waals surface area contributed by atoms with Crippen LogP contribution in [-0.4, -0.2) is 41.6 Å². The van der Waals surface area contributed by atoms with Gasteiger partial charge in [-0.05, 0) is 0 Å². The van der Waals surface area contributed by atoms with Crippen LogP contribution < -0.4 is 0 Å². The first-order chi connectivity index (χ1) is 4.25. The Hall–Kier alpha value is 0.629.